The average molecular weight is 413 g/mol. The second-order valence-corrected chi connectivity index (χ2v) is 7.32. The van der Waals surface area contributed by atoms with E-state index in [0.29, 0.717) is 36.2 Å². The van der Waals surface area contributed by atoms with Crippen molar-refractivity contribution in [2.45, 2.75) is 31.5 Å². The van der Waals surface area contributed by atoms with Crippen LogP contribution in [0.15, 0.2) is 64.5 Å². The summed E-state index contributed by atoms with van der Waals surface area (Å²) in [5.74, 6) is 0.595. The van der Waals surface area contributed by atoms with Gasteiger partial charge in [-0.15, -0.1) is 5.10 Å². The molecule has 3 aromatic rings. The molecule has 8 heteroatoms. The monoisotopic (exact) mass is 412 g/mol. The van der Waals surface area contributed by atoms with E-state index in [2.05, 4.69) is 15.5 Å². The van der Waals surface area contributed by atoms with Gasteiger partial charge in [-0.2, -0.15) is 0 Å². The van der Waals surface area contributed by atoms with Crippen molar-refractivity contribution in [3.8, 4) is 5.75 Å². The minimum absolute atomic E-state index is 0.137. The van der Waals surface area contributed by atoms with Gasteiger partial charge in [0.15, 0.2) is 5.16 Å². The van der Waals surface area contributed by atoms with E-state index >= 15 is 0 Å². The number of hydrogen-bond acceptors (Lipinski definition) is 5. The van der Waals surface area contributed by atoms with Crippen molar-refractivity contribution >= 4 is 23.4 Å². The zero-order chi connectivity index (χ0) is 20.5. The van der Waals surface area contributed by atoms with Crippen molar-refractivity contribution in [2.24, 2.45) is 0 Å². The average Bonchev–Trinajstić information content (AvgIpc) is 3.10. The summed E-state index contributed by atoms with van der Waals surface area (Å²) in [6.45, 7) is 3.11. The van der Waals surface area contributed by atoms with Crippen molar-refractivity contribution in [3.05, 3.63) is 70.6 Å². The van der Waals surface area contributed by atoms with Gasteiger partial charge in [0.2, 0.25) is 5.91 Å². The number of H-pyrrole nitrogens is 1. The maximum absolute atomic E-state index is 12.4. The highest BCUT2D eigenvalue weighted by Crippen LogP contribution is 2.24. The Labute approximate surface area is 173 Å². The maximum atomic E-state index is 12.4. The van der Waals surface area contributed by atoms with Gasteiger partial charge in [0.05, 0.1) is 18.0 Å². The van der Waals surface area contributed by atoms with Crippen LogP contribution in [0, 0.1) is 0 Å². The van der Waals surface area contributed by atoms with Gasteiger partial charge in [-0.3, -0.25) is 9.36 Å². The van der Waals surface area contributed by atoms with E-state index in [1.54, 1.807) is 10.6 Å². The SMILES string of the molecule is CCCOc1ccccc1NC(=O)CSc1n[nH]c(=O)n1CCc1ccccc1. The van der Waals surface area contributed by atoms with Crippen LogP contribution in [0.25, 0.3) is 0 Å². The Morgan fingerprint density at radius 2 is 1.93 bits per heavy atom. The van der Waals surface area contributed by atoms with Gasteiger partial charge in [0.1, 0.15) is 5.75 Å². The summed E-state index contributed by atoms with van der Waals surface area (Å²) in [6, 6.07) is 17.3. The Bertz CT molecular complexity index is 985. The normalized spacial score (nSPS) is 10.7. The minimum atomic E-state index is -0.276. The second-order valence-electron chi connectivity index (χ2n) is 6.38. The van der Waals surface area contributed by atoms with E-state index < -0.39 is 0 Å². The van der Waals surface area contributed by atoms with Crippen LogP contribution in [0.4, 0.5) is 5.69 Å². The molecule has 0 radical (unpaired) electrons. The predicted octanol–water partition coefficient (Wildman–Crippen LogP) is 3.33. The van der Waals surface area contributed by atoms with Gasteiger partial charge >= 0.3 is 5.69 Å². The van der Waals surface area contributed by atoms with Crippen LogP contribution in [0.3, 0.4) is 0 Å². The molecule has 29 heavy (non-hydrogen) atoms. The fraction of sp³-hybridized carbons (Fsp3) is 0.286. The van der Waals surface area contributed by atoms with Crippen LogP contribution in [0.1, 0.15) is 18.9 Å². The number of carbonyl (C=O) groups excluding carboxylic acids is 1. The molecule has 0 unspecified atom stereocenters. The number of ether oxygens (including phenoxy) is 1. The van der Waals surface area contributed by atoms with Gasteiger partial charge in [-0.1, -0.05) is 61.2 Å². The van der Waals surface area contributed by atoms with Crippen LogP contribution in [0.5, 0.6) is 5.75 Å². The van der Waals surface area contributed by atoms with Crippen LogP contribution in [0.2, 0.25) is 0 Å². The highest BCUT2D eigenvalue weighted by atomic mass is 32.2. The smallest absolute Gasteiger partial charge is 0.343 e. The lowest BCUT2D eigenvalue weighted by molar-refractivity contribution is -0.113. The van der Waals surface area contributed by atoms with Crippen molar-refractivity contribution < 1.29 is 9.53 Å². The largest absolute Gasteiger partial charge is 0.491 e. The van der Waals surface area contributed by atoms with Crippen molar-refractivity contribution in [1.29, 1.82) is 0 Å². The zero-order valence-corrected chi connectivity index (χ0v) is 17.1. The Kier molecular flexibility index (Phi) is 7.52. The lowest BCUT2D eigenvalue weighted by Crippen LogP contribution is -2.20. The lowest BCUT2D eigenvalue weighted by Gasteiger charge is -2.11. The number of benzene rings is 2. The summed E-state index contributed by atoms with van der Waals surface area (Å²) < 4.78 is 7.22. The number of thioether (sulfide) groups is 1. The first-order valence-electron chi connectivity index (χ1n) is 9.51. The van der Waals surface area contributed by atoms with Gasteiger partial charge in [0, 0.05) is 6.54 Å². The van der Waals surface area contributed by atoms with Crippen LogP contribution in [-0.2, 0) is 17.8 Å². The summed E-state index contributed by atoms with van der Waals surface area (Å²) in [7, 11) is 0. The zero-order valence-electron chi connectivity index (χ0n) is 16.3. The Morgan fingerprint density at radius 1 is 1.17 bits per heavy atom. The number of aryl methyl sites for hydroxylation is 1. The van der Waals surface area contributed by atoms with Gasteiger partial charge < -0.3 is 10.1 Å². The topological polar surface area (TPSA) is 89.0 Å². The number of anilines is 1. The molecule has 2 aromatic carbocycles. The van der Waals surface area contributed by atoms with Crippen molar-refractivity contribution in [3.63, 3.8) is 0 Å². The molecule has 7 nitrogen and oxygen atoms in total. The molecule has 2 N–H and O–H groups in total. The fourth-order valence-corrected chi connectivity index (χ4v) is 3.49. The molecule has 0 spiro atoms. The molecule has 0 atom stereocenters. The highest BCUT2D eigenvalue weighted by molar-refractivity contribution is 7.99. The highest BCUT2D eigenvalue weighted by Gasteiger charge is 2.13. The lowest BCUT2D eigenvalue weighted by atomic mass is 10.1. The van der Waals surface area contributed by atoms with Gasteiger partial charge in [-0.25, -0.2) is 9.89 Å². The third-order valence-corrected chi connectivity index (χ3v) is 5.12. The molecule has 1 amide bonds. The molecule has 0 saturated carbocycles. The number of aromatic amines is 1. The maximum Gasteiger partial charge on any atom is 0.343 e. The number of nitrogens with one attached hydrogen (secondary N) is 2. The molecule has 0 bridgehead atoms. The van der Waals surface area contributed by atoms with Crippen LogP contribution >= 0.6 is 11.8 Å². The van der Waals surface area contributed by atoms with Crippen molar-refractivity contribution in [2.75, 3.05) is 17.7 Å². The number of amides is 1. The Hall–Kier alpha value is -3.00. The third kappa shape index (κ3) is 5.99. The molecular formula is C21H24N4O3S. The number of rotatable bonds is 10. The van der Waals surface area contributed by atoms with E-state index in [0.717, 1.165) is 12.0 Å². The molecule has 0 saturated heterocycles. The summed E-state index contributed by atoms with van der Waals surface area (Å²) in [5, 5.41) is 9.87. The Morgan fingerprint density at radius 3 is 2.72 bits per heavy atom. The summed E-state index contributed by atoms with van der Waals surface area (Å²) in [6.07, 6.45) is 1.60. The predicted molar refractivity (Wildman–Crippen MR) is 115 cm³/mol. The molecule has 1 aromatic heterocycles. The standard InChI is InChI=1S/C21H24N4O3S/c1-2-14-28-18-11-7-6-10-17(18)22-19(26)15-29-21-24-23-20(27)25(21)13-12-16-8-4-3-5-9-16/h3-11H,2,12-15H2,1H3,(H,22,26)(H,23,27). The Balaban J connectivity index is 1.58. The quantitative estimate of drug-likeness (QED) is 0.499. The minimum Gasteiger partial charge on any atom is -0.491 e. The first kappa shape index (κ1) is 20.7. The van der Waals surface area contributed by atoms with E-state index in [1.165, 1.54) is 11.8 Å². The number of carbonyl (C=O) groups is 1. The van der Waals surface area contributed by atoms with E-state index in [1.807, 2.05) is 55.5 Å². The molecule has 0 aliphatic heterocycles. The van der Waals surface area contributed by atoms with E-state index in [-0.39, 0.29) is 17.3 Å². The van der Waals surface area contributed by atoms with Crippen LogP contribution in [-0.4, -0.2) is 33.0 Å². The van der Waals surface area contributed by atoms with Gasteiger partial charge in [0.25, 0.3) is 0 Å². The second kappa shape index (κ2) is 10.5. The summed E-state index contributed by atoms with van der Waals surface area (Å²) in [5.41, 5.74) is 1.50. The molecule has 1 heterocycles. The molecule has 152 valence electrons. The molecule has 0 aliphatic rings. The van der Waals surface area contributed by atoms with E-state index in [4.69, 9.17) is 4.74 Å². The fourth-order valence-electron chi connectivity index (χ4n) is 2.72. The van der Waals surface area contributed by atoms with Crippen molar-refractivity contribution in [1.82, 2.24) is 14.8 Å². The first-order valence-corrected chi connectivity index (χ1v) is 10.5. The van der Waals surface area contributed by atoms with Crippen LogP contribution < -0.4 is 15.7 Å². The number of para-hydroxylation sites is 2. The number of aromatic nitrogens is 3. The number of hydrogen-bond donors (Lipinski definition) is 2. The molecule has 0 fully saturated rings. The first-order chi connectivity index (χ1) is 14.2. The van der Waals surface area contributed by atoms with E-state index in [9.17, 15) is 9.59 Å². The summed E-state index contributed by atoms with van der Waals surface area (Å²) >= 11 is 1.22. The summed E-state index contributed by atoms with van der Waals surface area (Å²) in [4.78, 5) is 24.5. The molecular weight excluding hydrogens is 388 g/mol. The van der Waals surface area contributed by atoms with Gasteiger partial charge in [-0.05, 0) is 30.5 Å². The molecule has 3 rings (SSSR count). The number of nitrogens with zero attached hydrogens (tertiary/aromatic N) is 2. The molecule has 0 aliphatic carbocycles. The third-order valence-electron chi connectivity index (χ3n) is 4.15.